The molecule has 0 aliphatic rings. The van der Waals surface area contributed by atoms with Gasteiger partial charge in [-0.1, -0.05) is 29.8 Å². The van der Waals surface area contributed by atoms with Crippen LogP contribution in [0.4, 0.5) is 5.69 Å². The van der Waals surface area contributed by atoms with Crippen molar-refractivity contribution < 1.29 is 27.5 Å². The first kappa shape index (κ1) is 27.9. The standard InChI is InChI=1S/C25H24ClIN2O6S/c1-2-34-24(30)14-17-6-10-20(11-7-17)28-25(31)23(16-35-21-5-3-4-18(26)15-21)29-36(32,33)22-12-8-19(27)9-13-22/h3-13,15,23,29H,2,14,16H2,1H3,(H,28,31)/t23-/m0/s1. The minimum atomic E-state index is -4.02. The van der Waals surface area contributed by atoms with E-state index in [0.29, 0.717) is 28.6 Å². The maximum atomic E-state index is 13.1. The van der Waals surface area contributed by atoms with Crippen LogP contribution in [0, 0.1) is 3.57 Å². The molecule has 2 N–H and O–H groups in total. The molecule has 0 saturated carbocycles. The maximum absolute atomic E-state index is 13.1. The number of benzene rings is 3. The van der Waals surface area contributed by atoms with E-state index in [1.807, 2.05) is 0 Å². The SMILES string of the molecule is CCOC(=O)Cc1ccc(NC(=O)[C@H](COc2cccc(Cl)c2)NS(=O)(=O)c2ccc(I)cc2)cc1. The van der Waals surface area contributed by atoms with Crippen molar-refractivity contribution in [3.63, 3.8) is 0 Å². The molecule has 11 heteroatoms. The highest BCUT2D eigenvalue weighted by Gasteiger charge is 2.27. The fourth-order valence-corrected chi connectivity index (χ4v) is 4.80. The highest BCUT2D eigenvalue weighted by molar-refractivity contribution is 14.1. The first-order chi connectivity index (χ1) is 17.2. The Morgan fingerprint density at radius 1 is 1.03 bits per heavy atom. The Labute approximate surface area is 228 Å². The van der Waals surface area contributed by atoms with E-state index in [1.165, 1.54) is 12.1 Å². The molecule has 0 bridgehead atoms. The van der Waals surface area contributed by atoms with E-state index in [-0.39, 0.29) is 23.9 Å². The van der Waals surface area contributed by atoms with Crippen LogP contribution in [0.25, 0.3) is 0 Å². The molecule has 1 amide bonds. The molecule has 3 rings (SSSR count). The van der Waals surface area contributed by atoms with Crippen molar-refractivity contribution in [3.05, 3.63) is 87.0 Å². The van der Waals surface area contributed by atoms with Gasteiger partial charge >= 0.3 is 5.97 Å². The quantitative estimate of drug-likeness (QED) is 0.237. The average Bonchev–Trinajstić information content (AvgIpc) is 2.83. The molecule has 0 aliphatic carbocycles. The van der Waals surface area contributed by atoms with Crippen molar-refractivity contribution in [3.8, 4) is 5.75 Å². The van der Waals surface area contributed by atoms with Gasteiger partial charge < -0.3 is 14.8 Å². The topological polar surface area (TPSA) is 111 Å². The van der Waals surface area contributed by atoms with E-state index in [1.54, 1.807) is 67.6 Å². The van der Waals surface area contributed by atoms with Crippen molar-refractivity contribution in [1.29, 1.82) is 0 Å². The second kappa shape index (κ2) is 13.0. The molecule has 0 radical (unpaired) electrons. The van der Waals surface area contributed by atoms with E-state index in [2.05, 4.69) is 32.6 Å². The van der Waals surface area contributed by atoms with E-state index < -0.39 is 22.0 Å². The first-order valence-electron chi connectivity index (χ1n) is 10.9. The van der Waals surface area contributed by atoms with Gasteiger partial charge in [-0.05, 0) is 89.7 Å². The van der Waals surface area contributed by atoms with E-state index in [0.717, 1.165) is 3.57 Å². The molecule has 8 nitrogen and oxygen atoms in total. The average molecular weight is 643 g/mol. The zero-order valence-corrected chi connectivity index (χ0v) is 23.0. The molecule has 0 unspecified atom stereocenters. The van der Waals surface area contributed by atoms with Gasteiger partial charge in [0.15, 0.2) is 0 Å². The Hall–Kier alpha value is -2.67. The van der Waals surface area contributed by atoms with Gasteiger partial charge in [-0.15, -0.1) is 0 Å². The Kier molecular flexibility index (Phi) is 10.1. The number of hydrogen-bond acceptors (Lipinski definition) is 6. The van der Waals surface area contributed by atoms with Crippen molar-refractivity contribution >= 4 is 61.8 Å². The van der Waals surface area contributed by atoms with E-state index in [9.17, 15) is 18.0 Å². The molecule has 0 aromatic heterocycles. The number of hydrogen-bond donors (Lipinski definition) is 2. The largest absolute Gasteiger partial charge is 0.491 e. The highest BCUT2D eigenvalue weighted by Crippen LogP contribution is 2.19. The van der Waals surface area contributed by atoms with Gasteiger partial charge in [-0.2, -0.15) is 4.72 Å². The normalized spacial score (nSPS) is 12.0. The van der Waals surface area contributed by atoms with Crippen LogP contribution in [0.2, 0.25) is 5.02 Å². The van der Waals surface area contributed by atoms with Gasteiger partial charge in [0, 0.05) is 14.3 Å². The van der Waals surface area contributed by atoms with Crippen molar-refractivity contribution in [2.75, 3.05) is 18.5 Å². The molecular weight excluding hydrogens is 619 g/mol. The van der Waals surface area contributed by atoms with Crippen LogP contribution in [0.15, 0.2) is 77.7 Å². The van der Waals surface area contributed by atoms with Gasteiger partial charge in [0.05, 0.1) is 17.9 Å². The van der Waals surface area contributed by atoms with Crippen LogP contribution < -0.4 is 14.8 Å². The van der Waals surface area contributed by atoms with E-state index >= 15 is 0 Å². The molecule has 36 heavy (non-hydrogen) atoms. The van der Waals surface area contributed by atoms with Crippen LogP contribution in [-0.4, -0.2) is 39.5 Å². The number of amides is 1. The Morgan fingerprint density at radius 3 is 2.36 bits per heavy atom. The lowest BCUT2D eigenvalue weighted by Gasteiger charge is -2.19. The van der Waals surface area contributed by atoms with Crippen LogP contribution in [0.1, 0.15) is 12.5 Å². The number of nitrogens with one attached hydrogen (secondary N) is 2. The second-order valence-electron chi connectivity index (χ2n) is 7.56. The summed E-state index contributed by atoms with van der Waals surface area (Å²) in [5.41, 5.74) is 1.14. The van der Waals surface area contributed by atoms with Crippen LogP contribution >= 0.6 is 34.2 Å². The molecule has 3 aromatic rings. The first-order valence-corrected chi connectivity index (χ1v) is 13.8. The number of rotatable bonds is 11. The molecule has 0 heterocycles. The zero-order valence-electron chi connectivity index (χ0n) is 19.2. The summed E-state index contributed by atoms with van der Waals surface area (Å²) in [5, 5.41) is 3.13. The number of carbonyl (C=O) groups is 2. The molecule has 0 saturated heterocycles. The van der Waals surface area contributed by atoms with E-state index in [4.69, 9.17) is 21.1 Å². The fourth-order valence-electron chi connectivity index (χ4n) is 3.08. The predicted molar refractivity (Wildman–Crippen MR) is 146 cm³/mol. The van der Waals surface area contributed by atoms with Crippen molar-refractivity contribution in [2.45, 2.75) is 24.3 Å². The monoisotopic (exact) mass is 642 g/mol. The Bertz CT molecular complexity index is 1300. The lowest BCUT2D eigenvalue weighted by atomic mass is 10.1. The summed E-state index contributed by atoms with van der Waals surface area (Å²) in [7, 11) is -4.02. The molecular formula is C25H24ClIN2O6S. The van der Waals surface area contributed by atoms with Gasteiger partial charge in [0.2, 0.25) is 15.9 Å². The van der Waals surface area contributed by atoms with Gasteiger partial charge in [-0.3, -0.25) is 9.59 Å². The molecule has 0 fully saturated rings. The molecule has 0 aliphatic heterocycles. The summed E-state index contributed by atoms with van der Waals surface area (Å²) in [6.07, 6.45) is 0.105. The number of anilines is 1. The Morgan fingerprint density at radius 2 is 1.72 bits per heavy atom. The number of ether oxygens (including phenoxy) is 2. The molecule has 1 atom stereocenters. The minimum absolute atomic E-state index is 0.0202. The van der Waals surface area contributed by atoms with Gasteiger partial charge in [0.1, 0.15) is 18.4 Å². The van der Waals surface area contributed by atoms with Crippen molar-refractivity contribution in [1.82, 2.24) is 4.72 Å². The smallest absolute Gasteiger partial charge is 0.310 e. The highest BCUT2D eigenvalue weighted by atomic mass is 127. The number of sulfonamides is 1. The third-order valence-electron chi connectivity index (χ3n) is 4.83. The summed E-state index contributed by atoms with van der Waals surface area (Å²) < 4.78 is 39.8. The lowest BCUT2D eigenvalue weighted by molar-refractivity contribution is -0.142. The van der Waals surface area contributed by atoms with Gasteiger partial charge in [0.25, 0.3) is 0 Å². The Balaban J connectivity index is 1.75. The third kappa shape index (κ3) is 8.47. The minimum Gasteiger partial charge on any atom is -0.491 e. The van der Waals surface area contributed by atoms with Crippen molar-refractivity contribution in [2.24, 2.45) is 0 Å². The number of carbonyl (C=O) groups excluding carboxylic acids is 2. The summed E-state index contributed by atoms with van der Waals surface area (Å²) in [4.78, 5) is 24.8. The zero-order chi connectivity index (χ0) is 26.1. The van der Waals surface area contributed by atoms with Crippen LogP contribution in [0.3, 0.4) is 0 Å². The van der Waals surface area contributed by atoms with Crippen LogP contribution in [0.5, 0.6) is 5.75 Å². The van der Waals surface area contributed by atoms with Gasteiger partial charge in [-0.25, -0.2) is 8.42 Å². The predicted octanol–water partition coefficient (Wildman–Crippen LogP) is 4.41. The summed E-state index contributed by atoms with van der Waals surface area (Å²) in [6, 6.07) is 18.1. The third-order valence-corrected chi connectivity index (χ3v) is 7.27. The number of esters is 1. The maximum Gasteiger partial charge on any atom is 0.310 e. The lowest BCUT2D eigenvalue weighted by Crippen LogP contribution is -2.47. The second-order valence-corrected chi connectivity index (χ2v) is 11.0. The number of halogens is 2. The molecule has 0 spiro atoms. The summed E-state index contributed by atoms with van der Waals surface area (Å²) in [6.45, 7) is 1.75. The van der Waals surface area contributed by atoms with Crippen LogP contribution in [-0.2, 0) is 30.8 Å². The summed E-state index contributed by atoms with van der Waals surface area (Å²) >= 11 is 8.06. The fraction of sp³-hybridized carbons (Fsp3) is 0.200. The molecule has 190 valence electrons. The summed E-state index contributed by atoms with van der Waals surface area (Å²) in [5.74, 6) is -0.584. The molecule has 3 aromatic carbocycles.